The van der Waals surface area contributed by atoms with Crippen molar-refractivity contribution in [2.24, 2.45) is 0 Å². The van der Waals surface area contributed by atoms with E-state index in [2.05, 4.69) is 10.6 Å². The van der Waals surface area contributed by atoms with Gasteiger partial charge in [0.25, 0.3) is 0 Å². The topological polar surface area (TPSA) is 102 Å². The van der Waals surface area contributed by atoms with Gasteiger partial charge in [-0.25, -0.2) is 0 Å². The van der Waals surface area contributed by atoms with Crippen molar-refractivity contribution < 1.29 is 19.8 Å². The van der Waals surface area contributed by atoms with Crippen molar-refractivity contribution in [2.45, 2.75) is 51.2 Å². The molecule has 0 aliphatic carbocycles. The molecule has 2 aromatic rings. The van der Waals surface area contributed by atoms with E-state index in [0.29, 0.717) is 6.54 Å². The highest BCUT2D eigenvalue weighted by Gasteiger charge is 2.40. The summed E-state index contributed by atoms with van der Waals surface area (Å²) < 4.78 is 0. The fourth-order valence-electron chi connectivity index (χ4n) is 3.82. The van der Waals surface area contributed by atoms with Gasteiger partial charge in [0.1, 0.15) is 6.23 Å². The molecule has 0 saturated carbocycles. The SMILES string of the molecule is CC(=O)N[C@@H](C)C(O)N1C[C@H](O)C[C@H]1C(=O)NCc1ccc(-c2ccccc2)cc1. The molecule has 4 atom stereocenters. The zero-order valence-corrected chi connectivity index (χ0v) is 17.3. The Hall–Kier alpha value is -2.74. The van der Waals surface area contributed by atoms with Gasteiger partial charge in [0.05, 0.1) is 18.2 Å². The van der Waals surface area contributed by atoms with Crippen molar-refractivity contribution >= 4 is 11.8 Å². The lowest BCUT2D eigenvalue weighted by atomic mass is 10.0. The zero-order valence-electron chi connectivity index (χ0n) is 17.3. The van der Waals surface area contributed by atoms with Gasteiger partial charge >= 0.3 is 0 Å². The molecule has 2 aromatic carbocycles. The largest absolute Gasteiger partial charge is 0.392 e. The maximum absolute atomic E-state index is 12.7. The molecule has 0 bridgehead atoms. The van der Waals surface area contributed by atoms with Crippen LogP contribution in [0.15, 0.2) is 54.6 Å². The molecule has 2 amide bonds. The number of amides is 2. The highest BCUT2D eigenvalue weighted by molar-refractivity contribution is 5.82. The summed E-state index contributed by atoms with van der Waals surface area (Å²) in [5.74, 6) is -0.519. The number of rotatable bonds is 7. The second-order valence-electron chi connectivity index (χ2n) is 7.79. The van der Waals surface area contributed by atoms with Crippen LogP contribution < -0.4 is 10.6 Å². The van der Waals surface area contributed by atoms with Crippen LogP contribution in [-0.2, 0) is 16.1 Å². The molecule has 1 aliphatic rings. The average molecular weight is 412 g/mol. The average Bonchev–Trinajstić information content (AvgIpc) is 3.13. The molecule has 3 rings (SSSR count). The van der Waals surface area contributed by atoms with E-state index in [-0.39, 0.29) is 24.8 Å². The van der Waals surface area contributed by atoms with E-state index in [1.54, 1.807) is 11.8 Å². The van der Waals surface area contributed by atoms with Crippen LogP contribution in [-0.4, -0.2) is 57.9 Å². The number of aliphatic hydroxyl groups excluding tert-OH is 2. The van der Waals surface area contributed by atoms with E-state index in [1.807, 2.05) is 54.6 Å². The van der Waals surface area contributed by atoms with Gasteiger partial charge in [-0.3, -0.25) is 14.5 Å². The Bertz CT molecular complexity index is 857. The summed E-state index contributed by atoms with van der Waals surface area (Å²) in [4.78, 5) is 25.5. The van der Waals surface area contributed by atoms with Crippen molar-refractivity contribution in [1.82, 2.24) is 15.5 Å². The van der Waals surface area contributed by atoms with Gasteiger partial charge in [-0.15, -0.1) is 0 Å². The second-order valence-corrected chi connectivity index (χ2v) is 7.79. The summed E-state index contributed by atoms with van der Waals surface area (Å²) in [6.45, 7) is 3.57. The number of aliphatic hydroxyl groups is 2. The summed E-state index contributed by atoms with van der Waals surface area (Å²) in [5.41, 5.74) is 3.19. The molecule has 7 nitrogen and oxygen atoms in total. The van der Waals surface area contributed by atoms with Crippen LogP contribution >= 0.6 is 0 Å². The number of hydrogen-bond acceptors (Lipinski definition) is 5. The van der Waals surface area contributed by atoms with E-state index in [1.165, 1.54) is 6.92 Å². The van der Waals surface area contributed by atoms with Crippen LogP contribution in [0.3, 0.4) is 0 Å². The van der Waals surface area contributed by atoms with Gasteiger partial charge in [-0.1, -0.05) is 54.6 Å². The summed E-state index contributed by atoms with van der Waals surface area (Å²) in [6, 6.07) is 16.8. The van der Waals surface area contributed by atoms with Crippen LogP contribution in [0, 0.1) is 0 Å². The van der Waals surface area contributed by atoms with Crippen molar-refractivity contribution in [3.63, 3.8) is 0 Å². The summed E-state index contributed by atoms with van der Waals surface area (Å²) in [5, 5.41) is 26.1. The number of likely N-dealkylation sites (tertiary alicyclic amines) is 1. The number of hydrogen-bond donors (Lipinski definition) is 4. The second kappa shape index (κ2) is 9.84. The van der Waals surface area contributed by atoms with Crippen LogP contribution in [0.25, 0.3) is 11.1 Å². The lowest BCUT2D eigenvalue weighted by molar-refractivity contribution is -0.131. The molecule has 0 aromatic heterocycles. The summed E-state index contributed by atoms with van der Waals surface area (Å²) in [7, 11) is 0. The first-order valence-corrected chi connectivity index (χ1v) is 10.2. The zero-order chi connectivity index (χ0) is 21.7. The first kappa shape index (κ1) is 22.0. The van der Waals surface area contributed by atoms with Crippen LogP contribution in [0.5, 0.6) is 0 Å². The molecule has 1 heterocycles. The monoisotopic (exact) mass is 411 g/mol. The Kier molecular flexibility index (Phi) is 7.20. The number of benzene rings is 2. The molecular weight excluding hydrogens is 382 g/mol. The number of β-amino-alcohol motifs (C(OH)–C–C–N with tert-alkyl or cyclic N) is 1. The van der Waals surface area contributed by atoms with Crippen molar-refractivity contribution in [1.29, 1.82) is 0 Å². The molecule has 0 spiro atoms. The first-order valence-electron chi connectivity index (χ1n) is 10.2. The normalized spacial score (nSPS) is 21.1. The van der Waals surface area contributed by atoms with E-state index in [4.69, 9.17) is 0 Å². The third-order valence-electron chi connectivity index (χ3n) is 5.37. The Morgan fingerprint density at radius 2 is 1.73 bits per heavy atom. The van der Waals surface area contributed by atoms with Gasteiger partial charge in [-0.2, -0.15) is 0 Å². The number of carbonyl (C=O) groups is 2. The van der Waals surface area contributed by atoms with E-state index in [9.17, 15) is 19.8 Å². The molecular formula is C23H29N3O4. The minimum absolute atomic E-state index is 0.176. The standard InChI is InChI=1S/C23H29N3O4/c1-15(25-16(2)27)23(30)26-14-20(28)12-21(26)22(29)24-13-17-8-10-19(11-9-17)18-6-4-3-5-7-18/h3-11,15,20-21,23,28,30H,12-14H2,1-2H3,(H,24,29)(H,25,27)/t15-,20+,21-,23?/m0/s1. The fourth-order valence-corrected chi connectivity index (χ4v) is 3.82. The molecule has 1 aliphatic heterocycles. The molecule has 1 saturated heterocycles. The maximum atomic E-state index is 12.7. The molecule has 7 heteroatoms. The highest BCUT2D eigenvalue weighted by Crippen LogP contribution is 2.22. The lowest BCUT2D eigenvalue weighted by Gasteiger charge is -2.32. The minimum atomic E-state index is -1.06. The van der Waals surface area contributed by atoms with Gasteiger partial charge in [-0.05, 0) is 30.0 Å². The van der Waals surface area contributed by atoms with Crippen molar-refractivity contribution in [3.8, 4) is 11.1 Å². The Morgan fingerprint density at radius 1 is 1.10 bits per heavy atom. The quantitative estimate of drug-likeness (QED) is 0.549. The van der Waals surface area contributed by atoms with E-state index < -0.39 is 24.4 Å². The highest BCUT2D eigenvalue weighted by atomic mass is 16.3. The predicted octanol–water partition coefficient (Wildman–Crippen LogP) is 1.25. The molecule has 1 unspecified atom stereocenters. The maximum Gasteiger partial charge on any atom is 0.237 e. The molecule has 4 N–H and O–H groups in total. The van der Waals surface area contributed by atoms with Crippen LogP contribution in [0.4, 0.5) is 0 Å². The number of carbonyl (C=O) groups excluding carboxylic acids is 2. The third-order valence-corrected chi connectivity index (χ3v) is 5.37. The Morgan fingerprint density at radius 3 is 2.37 bits per heavy atom. The molecule has 1 fully saturated rings. The first-order chi connectivity index (χ1) is 14.3. The summed E-state index contributed by atoms with van der Waals surface area (Å²) >= 11 is 0. The van der Waals surface area contributed by atoms with Gasteiger partial charge < -0.3 is 20.8 Å². The molecule has 0 radical (unpaired) electrons. The predicted molar refractivity (Wildman–Crippen MR) is 114 cm³/mol. The Balaban J connectivity index is 1.59. The van der Waals surface area contributed by atoms with Crippen LogP contribution in [0.1, 0.15) is 25.8 Å². The molecule has 30 heavy (non-hydrogen) atoms. The van der Waals surface area contributed by atoms with E-state index >= 15 is 0 Å². The van der Waals surface area contributed by atoms with Gasteiger partial charge in [0.2, 0.25) is 11.8 Å². The van der Waals surface area contributed by atoms with Crippen LogP contribution in [0.2, 0.25) is 0 Å². The minimum Gasteiger partial charge on any atom is -0.392 e. The van der Waals surface area contributed by atoms with E-state index in [0.717, 1.165) is 16.7 Å². The number of nitrogens with one attached hydrogen (secondary N) is 2. The molecule has 160 valence electrons. The number of nitrogens with zero attached hydrogens (tertiary/aromatic N) is 1. The lowest BCUT2D eigenvalue weighted by Crippen LogP contribution is -2.55. The van der Waals surface area contributed by atoms with Crippen molar-refractivity contribution in [2.75, 3.05) is 6.54 Å². The van der Waals surface area contributed by atoms with Gasteiger partial charge in [0.15, 0.2) is 0 Å². The third kappa shape index (κ3) is 5.44. The summed E-state index contributed by atoms with van der Waals surface area (Å²) in [6.07, 6.45) is -1.53. The smallest absolute Gasteiger partial charge is 0.237 e. The fraction of sp³-hybridized carbons (Fsp3) is 0.391. The van der Waals surface area contributed by atoms with Crippen molar-refractivity contribution in [3.05, 3.63) is 60.2 Å². The Labute approximate surface area is 176 Å². The van der Waals surface area contributed by atoms with Gasteiger partial charge in [0, 0.05) is 20.0 Å².